The van der Waals surface area contributed by atoms with E-state index in [0.717, 1.165) is 36.3 Å². The second kappa shape index (κ2) is 9.69. The number of nitrogens with one attached hydrogen (secondary N) is 3. The Hall–Kier alpha value is -3.15. The summed E-state index contributed by atoms with van der Waals surface area (Å²) in [5, 5.41) is 8.89. The SMILES string of the molecule is CC(=O)Nc1ccc(Nc2ccc(C(=O)NCCC3=CCCCC3)nc2)cc1. The highest BCUT2D eigenvalue weighted by Crippen LogP contribution is 2.20. The van der Waals surface area contributed by atoms with Gasteiger partial charge in [-0.05, 0) is 68.5 Å². The molecule has 1 aliphatic carbocycles. The van der Waals surface area contributed by atoms with E-state index in [4.69, 9.17) is 0 Å². The summed E-state index contributed by atoms with van der Waals surface area (Å²) in [5.74, 6) is -0.253. The van der Waals surface area contributed by atoms with E-state index < -0.39 is 0 Å². The number of allylic oxidation sites excluding steroid dienone is 1. The fourth-order valence-corrected chi connectivity index (χ4v) is 3.17. The second-order valence-corrected chi connectivity index (χ2v) is 6.93. The maximum absolute atomic E-state index is 12.2. The first-order valence-corrected chi connectivity index (χ1v) is 9.67. The monoisotopic (exact) mass is 378 g/mol. The van der Waals surface area contributed by atoms with Gasteiger partial charge < -0.3 is 16.0 Å². The number of rotatable bonds is 7. The molecule has 3 N–H and O–H groups in total. The topological polar surface area (TPSA) is 83.1 Å². The van der Waals surface area contributed by atoms with Crippen molar-refractivity contribution in [2.75, 3.05) is 17.2 Å². The first kappa shape index (κ1) is 19.6. The molecule has 0 unspecified atom stereocenters. The maximum Gasteiger partial charge on any atom is 0.269 e. The van der Waals surface area contributed by atoms with Crippen LogP contribution in [0.25, 0.3) is 0 Å². The van der Waals surface area contributed by atoms with E-state index in [1.165, 1.54) is 25.3 Å². The number of benzene rings is 1. The highest BCUT2D eigenvalue weighted by Gasteiger charge is 2.08. The highest BCUT2D eigenvalue weighted by atomic mass is 16.2. The standard InChI is InChI=1S/C22H26N4O2/c1-16(27)25-18-7-9-19(10-8-18)26-20-11-12-21(24-15-20)22(28)23-14-13-17-5-3-2-4-6-17/h5,7-12,15,26H,2-4,6,13-14H2,1H3,(H,23,28)(H,25,27). The predicted octanol–water partition coefficient (Wildman–Crippen LogP) is 4.40. The van der Waals surface area contributed by atoms with Crippen molar-refractivity contribution in [2.45, 2.75) is 39.0 Å². The lowest BCUT2D eigenvalue weighted by Crippen LogP contribution is -2.25. The van der Waals surface area contributed by atoms with E-state index >= 15 is 0 Å². The number of hydrogen-bond donors (Lipinski definition) is 3. The van der Waals surface area contributed by atoms with Gasteiger partial charge in [-0.1, -0.05) is 11.6 Å². The Morgan fingerprint density at radius 2 is 1.75 bits per heavy atom. The van der Waals surface area contributed by atoms with Crippen LogP contribution in [-0.4, -0.2) is 23.3 Å². The molecule has 3 rings (SSSR count). The predicted molar refractivity (Wildman–Crippen MR) is 112 cm³/mol. The first-order chi connectivity index (χ1) is 13.6. The number of pyridine rings is 1. The Labute approximate surface area is 165 Å². The van der Waals surface area contributed by atoms with Crippen LogP contribution in [-0.2, 0) is 4.79 Å². The molecular weight excluding hydrogens is 352 g/mol. The summed E-state index contributed by atoms with van der Waals surface area (Å²) in [6.45, 7) is 2.12. The lowest BCUT2D eigenvalue weighted by atomic mass is 9.97. The largest absolute Gasteiger partial charge is 0.354 e. The Morgan fingerprint density at radius 1 is 1.00 bits per heavy atom. The number of carbonyl (C=O) groups is 2. The number of aromatic nitrogens is 1. The molecule has 0 aliphatic heterocycles. The highest BCUT2D eigenvalue weighted by molar-refractivity contribution is 5.92. The van der Waals surface area contributed by atoms with Gasteiger partial charge in [0, 0.05) is 24.8 Å². The summed E-state index contributed by atoms with van der Waals surface area (Å²) in [4.78, 5) is 27.5. The van der Waals surface area contributed by atoms with Gasteiger partial charge in [0.25, 0.3) is 5.91 Å². The molecule has 146 valence electrons. The van der Waals surface area contributed by atoms with E-state index in [1.54, 1.807) is 12.3 Å². The second-order valence-electron chi connectivity index (χ2n) is 6.93. The van der Waals surface area contributed by atoms with E-state index in [2.05, 4.69) is 27.0 Å². The molecule has 0 atom stereocenters. The van der Waals surface area contributed by atoms with Gasteiger partial charge in [-0.15, -0.1) is 0 Å². The van der Waals surface area contributed by atoms with E-state index in [1.807, 2.05) is 30.3 Å². The molecular formula is C22H26N4O2. The molecule has 0 saturated carbocycles. The number of carbonyl (C=O) groups excluding carboxylic acids is 2. The summed E-state index contributed by atoms with van der Waals surface area (Å²) in [5.41, 5.74) is 4.25. The molecule has 28 heavy (non-hydrogen) atoms. The number of amides is 2. The minimum absolute atomic E-state index is 0.103. The van der Waals surface area contributed by atoms with Crippen molar-refractivity contribution in [3.8, 4) is 0 Å². The van der Waals surface area contributed by atoms with Crippen molar-refractivity contribution in [1.29, 1.82) is 0 Å². The van der Waals surface area contributed by atoms with Gasteiger partial charge in [0.2, 0.25) is 5.91 Å². The minimum atomic E-state index is -0.150. The zero-order valence-corrected chi connectivity index (χ0v) is 16.1. The van der Waals surface area contributed by atoms with E-state index in [9.17, 15) is 9.59 Å². The molecule has 1 aromatic carbocycles. The molecule has 0 radical (unpaired) electrons. The van der Waals surface area contributed by atoms with Gasteiger partial charge in [0.1, 0.15) is 5.69 Å². The van der Waals surface area contributed by atoms with E-state index in [0.29, 0.717) is 12.2 Å². The fraction of sp³-hybridized carbons (Fsp3) is 0.318. The van der Waals surface area contributed by atoms with Crippen molar-refractivity contribution in [2.24, 2.45) is 0 Å². The van der Waals surface area contributed by atoms with Crippen molar-refractivity contribution < 1.29 is 9.59 Å². The molecule has 1 heterocycles. The minimum Gasteiger partial charge on any atom is -0.354 e. The summed E-state index contributed by atoms with van der Waals surface area (Å²) < 4.78 is 0. The first-order valence-electron chi connectivity index (χ1n) is 9.67. The van der Waals surface area contributed by atoms with Gasteiger partial charge >= 0.3 is 0 Å². The van der Waals surface area contributed by atoms with Gasteiger partial charge in [0.05, 0.1) is 11.9 Å². The van der Waals surface area contributed by atoms with Crippen molar-refractivity contribution >= 4 is 28.9 Å². The maximum atomic E-state index is 12.2. The number of hydrogen-bond acceptors (Lipinski definition) is 4. The fourth-order valence-electron chi connectivity index (χ4n) is 3.17. The smallest absolute Gasteiger partial charge is 0.269 e. The van der Waals surface area contributed by atoms with E-state index in [-0.39, 0.29) is 11.8 Å². The molecule has 2 aromatic rings. The molecule has 1 aromatic heterocycles. The summed E-state index contributed by atoms with van der Waals surface area (Å²) >= 11 is 0. The van der Waals surface area contributed by atoms with Crippen LogP contribution in [0, 0.1) is 0 Å². The van der Waals surface area contributed by atoms with Crippen LogP contribution < -0.4 is 16.0 Å². The molecule has 0 spiro atoms. The lowest BCUT2D eigenvalue weighted by Gasteiger charge is -2.13. The average Bonchev–Trinajstić information content (AvgIpc) is 2.70. The lowest BCUT2D eigenvalue weighted by molar-refractivity contribution is -0.114. The normalized spacial score (nSPS) is 13.4. The van der Waals surface area contributed by atoms with Crippen LogP contribution in [0.15, 0.2) is 54.2 Å². The van der Waals surface area contributed by atoms with Crippen molar-refractivity contribution in [1.82, 2.24) is 10.3 Å². The third kappa shape index (κ3) is 5.94. The molecule has 0 fully saturated rings. The van der Waals surface area contributed by atoms with Crippen LogP contribution in [0.3, 0.4) is 0 Å². The molecule has 6 heteroatoms. The Kier molecular flexibility index (Phi) is 6.78. The summed E-state index contributed by atoms with van der Waals surface area (Å²) in [6, 6.07) is 10.9. The van der Waals surface area contributed by atoms with Gasteiger partial charge in [0.15, 0.2) is 0 Å². The molecule has 0 saturated heterocycles. The van der Waals surface area contributed by atoms with Crippen LogP contribution >= 0.6 is 0 Å². The van der Waals surface area contributed by atoms with Crippen LogP contribution in [0.1, 0.15) is 49.5 Å². The van der Waals surface area contributed by atoms with Crippen LogP contribution in [0.4, 0.5) is 17.1 Å². The van der Waals surface area contributed by atoms with Crippen LogP contribution in [0.2, 0.25) is 0 Å². The number of nitrogens with zero attached hydrogens (tertiary/aromatic N) is 1. The molecule has 2 amide bonds. The zero-order valence-electron chi connectivity index (χ0n) is 16.1. The zero-order chi connectivity index (χ0) is 19.8. The van der Waals surface area contributed by atoms with Gasteiger partial charge in [-0.2, -0.15) is 0 Å². The summed E-state index contributed by atoms with van der Waals surface area (Å²) in [6.07, 6.45) is 9.71. The Balaban J connectivity index is 1.49. The molecule has 6 nitrogen and oxygen atoms in total. The quantitative estimate of drug-likeness (QED) is 0.624. The Bertz CT molecular complexity index is 842. The van der Waals surface area contributed by atoms with Crippen LogP contribution in [0.5, 0.6) is 0 Å². The molecule has 0 bridgehead atoms. The van der Waals surface area contributed by atoms with Crippen molar-refractivity contribution in [3.63, 3.8) is 0 Å². The number of anilines is 3. The van der Waals surface area contributed by atoms with Crippen molar-refractivity contribution in [3.05, 3.63) is 59.9 Å². The third-order valence-electron chi connectivity index (χ3n) is 4.61. The Morgan fingerprint density at radius 3 is 2.39 bits per heavy atom. The van der Waals surface area contributed by atoms with Gasteiger partial charge in [-0.3, -0.25) is 9.59 Å². The average molecular weight is 378 g/mol. The third-order valence-corrected chi connectivity index (χ3v) is 4.61. The van der Waals surface area contributed by atoms with Gasteiger partial charge in [-0.25, -0.2) is 4.98 Å². The molecule has 1 aliphatic rings. The summed E-state index contributed by atoms with van der Waals surface area (Å²) in [7, 11) is 0.